The fourth-order valence-electron chi connectivity index (χ4n) is 5.25. The molecule has 7 heteroatoms. The SMILES string of the molecule is CC(=O)O.NCCCCn1c(Cc2ccccc2)c(-c2nc3c(ccc4ccccc43)[nH]c2=O)c2ccccc21. The van der Waals surface area contributed by atoms with Gasteiger partial charge in [-0.25, -0.2) is 4.98 Å². The molecule has 0 spiro atoms. The first-order chi connectivity index (χ1) is 19.5. The lowest BCUT2D eigenvalue weighted by Gasteiger charge is -2.13. The molecule has 4 aromatic carbocycles. The molecular weight excluding hydrogens is 500 g/mol. The largest absolute Gasteiger partial charge is 0.481 e. The molecule has 6 rings (SSSR count). The van der Waals surface area contributed by atoms with E-state index in [1.807, 2.05) is 36.4 Å². The summed E-state index contributed by atoms with van der Waals surface area (Å²) in [5, 5.41) is 10.6. The van der Waals surface area contributed by atoms with Crippen molar-refractivity contribution in [1.29, 1.82) is 0 Å². The highest BCUT2D eigenvalue weighted by atomic mass is 16.4. The normalized spacial score (nSPS) is 11.1. The molecular formula is C33H32N4O3. The fraction of sp³-hybridized carbons (Fsp3) is 0.182. The summed E-state index contributed by atoms with van der Waals surface area (Å²) in [6.45, 7) is 2.59. The standard InChI is InChI=1S/C31H28N4O.C2H4O2/c32-18-8-9-19-35-26-15-7-6-14-24(26)28(27(35)20-21-10-2-1-3-11-21)30-31(36)33-25-17-16-22-12-4-5-13-23(22)29(25)34-30;1-2(3)4/h1-7,10-17H,8-9,18-20,32H2,(H,33,36);1H3,(H,3,4). The summed E-state index contributed by atoms with van der Waals surface area (Å²) in [5.41, 5.74) is 12.0. The summed E-state index contributed by atoms with van der Waals surface area (Å²) in [6.07, 6.45) is 2.64. The quantitative estimate of drug-likeness (QED) is 0.169. The van der Waals surface area contributed by atoms with Gasteiger partial charge in [0.15, 0.2) is 0 Å². The minimum absolute atomic E-state index is 0.169. The van der Waals surface area contributed by atoms with Gasteiger partial charge in [-0.1, -0.05) is 78.9 Å². The number of hydrogen-bond acceptors (Lipinski definition) is 4. The summed E-state index contributed by atoms with van der Waals surface area (Å²) in [5.74, 6) is -0.833. The Morgan fingerprint density at radius 3 is 2.33 bits per heavy atom. The lowest BCUT2D eigenvalue weighted by Crippen LogP contribution is -2.13. The number of para-hydroxylation sites is 1. The summed E-state index contributed by atoms with van der Waals surface area (Å²) >= 11 is 0. The molecule has 0 amide bonds. The highest BCUT2D eigenvalue weighted by Crippen LogP contribution is 2.35. The first-order valence-electron chi connectivity index (χ1n) is 13.4. The van der Waals surface area contributed by atoms with Gasteiger partial charge in [0, 0.05) is 47.4 Å². The molecule has 0 fully saturated rings. The zero-order valence-electron chi connectivity index (χ0n) is 22.4. The third-order valence-corrected chi connectivity index (χ3v) is 6.95. The molecule has 0 bridgehead atoms. The number of nitrogens with one attached hydrogen (secondary N) is 1. The van der Waals surface area contributed by atoms with Crippen molar-refractivity contribution < 1.29 is 9.90 Å². The number of benzene rings is 4. The van der Waals surface area contributed by atoms with Gasteiger partial charge in [0.25, 0.3) is 11.5 Å². The van der Waals surface area contributed by atoms with Crippen LogP contribution in [-0.2, 0) is 17.8 Å². The Labute approximate surface area is 231 Å². The smallest absolute Gasteiger partial charge is 0.300 e. The van der Waals surface area contributed by atoms with Crippen LogP contribution in [0, 0.1) is 0 Å². The van der Waals surface area contributed by atoms with Gasteiger partial charge in [-0.15, -0.1) is 0 Å². The average Bonchev–Trinajstić information content (AvgIpc) is 3.25. The van der Waals surface area contributed by atoms with Crippen molar-refractivity contribution in [2.24, 2.45) is 5.73 Å². The summed E-state index contributed by atoms with van der Waals surface area (Å²) in [4.78, 5) is 30.7. The molecule has 0 unspecified atom stereocenters. The van der Waals surface area contributed by atoms with E-state index < -0.39 is 5.97 Å². The number of fused-ring (bicyclic) bond motifs is 4. The molecule has 0 aliphatic carbocycles. The van der Waals surface area contributed by atoms with Crippen LogP contribution in [0.5, 0.6) is 0 Å². The Bertz CT molecular complexity index is 1850. The fourth-order valence-corrected chi connectivity index (χ4v) is 5.25. The summed E-state index contributed by atoms with van der Waals surface area (Å²) in [7, 11) is 0. The van der Waals surface area contributed by atoms with Crippen molar-refractivity contribution in [2.45, 2.75) is 32.7 Å². The molecule has 0 radical (unpaired) electrons. The van der Waals surface area contributed by atoms with Gasteiger partial charge in [0.1, 0.15) is 5.69 Å². The summed E-state index contributed by atoms with van der Waals surface area (Å²) < 4.78 is 2.36. The van der Waals surface area contributed by atoms with Gasteiger partial charge in [0.2, 0.25) is 0 Å². The number of nitrogens with two attached hydrogens (primary N) is 1. The number of aromatic nitrogens is 3. The molecule has 2 heterocycles. The van der Waals surface area contributed by atoms with Gasteiger partial charge in [0.05, 0.1) is 11.0 Å². The highest BCUT2D eigenvalue weighted by molar-refractivity contribution is 6.05. The van der Waals surface area contributed by atoms with E-state index in [9.17, 15) is 4.79 Å². The van der Waals surface area contributed by atoms with E-state index >= 15 is 0 Å². The maximum absolute atomic E-state index is 13.5. The van der Waals surface area contributed by atoms with Crippen molar-refractivity contribution in [1.82, 2.24) is 14.5 Å². The maximum atomic E-state index is 13.5. The Morgan fingerprint density at radius 1 is 0.900 bits per heavy atom. The third kappa shape index (κ3) is 5.51. The van der Waals surface area contributed by atoms with Crippen LogP contribution in [-0.4, -0.2) is 32.2 Å². The minimum Gasteiger partial charge on any atom is -0.481 e. The number of rotatable bonds is 7. The maximum Gasteiger partial charge on any atom is 0.300 e. The number of aryl methyl sites for hydroxylation is 1. The van der Waals surface area contributed by atoms with Crippen LogP contribution in [0.3, 0.4) is 0 Å². The van der Waals surface area contributed by atoms with Crippen molar-refractivity contribution in [3.05, 3.63) is 113 Å². The van der Waals surface area contributed by atoms with E-state index in [0.717, 1.165) is 70.3 Å². The number of carboxylic acids is 1. The average molecular weight is 533 g/mol. The third-order valence-electron chi connectivity index (χ3n) is 6.95. The topological polar surface area (TPSA) is 114 Å². The van der Waals surface area contributed by atoms with E-state index in [-0.39, 0.29) is 5.56 Å². The Balaban J connectivity index is 0.000000758. The van der Waals surface area contributed by atoms with Crippen LogP contribution in [0.2, 0.25) is 0 Å². The van der Waals surface area contributed by atoms with Gasteiger partial charge >= 0.3 is 0 Å². The number of nitrogens with zero attached hydrogens (tertiary/aromatic N) is 2. The molecule has 2 aromatic heterocycles. The molecule has 40 heavy (non-hydrogen) atoms. The minimum atomic E-state index is -0.833. The second-order valence-corrected chi connectivity index (χ2v) is 9.77. The van der Waals surface area contributed by atoms with Gasteiger partial charge in [-0.2, -0.15) is 0 Å². The van der Waals surface area contributed by atoms with Crippen molar-refractivity contribution in [2.75, 3.05) is 6.54 Å². The van der Waals surface area contributed by atoms with Crippen molar-refractivity contribution in [3.8, 4) is 11.3 Å². The van der Waals surface area contributed by atoms with Crippen LogP contribution in [0.4, 0.5) is 0 Å². The second kappa shape index (κ2) is 12.0. The van der Waals surface area contributed by atoms with Crippen LogP contribution in [0.15, 0.2) is 95.8 Å². The van der Waals surface area contributed by atoms with E-state index in [4.69, 9.17) is 20.6 Å². The Morgan fingerprint density at radius 2 is 1.57 bits per heavy atom. The first kappa shape index (κ1) is 26.8. The van der Waals surface area contributed by atoms with E-state index in [2.05, 4.69) is 64.1 Å². The van der Waals surface area contributed by atoms with Crippen molar-refractivity contribution >= 4 is 38.7 Å². The number of aromatic amines is 1. The van der Waals surface area contributed by atoms with Crippen LogP contribution in [0.1, 0.15) is 31.0 Å². The van der Waals surface area contributed by atoms with Crippen LogP contribution in [0.25, 0.3) is 44.0 Å². The highest BCUT2D eigenvalue weighted by Gasteiger charge is 2.22. The molecule has 4 N–H and O–H groups in total. The zero-order chi connectivity index (χ0) is 28.1. The lowest BCUT2D eigenvalue weighted by atomic mass is 10.0. The number of H-pyrrole nitrogens is 1. The van der Waals surface area contributed by atoms with E-state index in [1.165, 1.54) is 5.56 Å². The number of carbonyl (C=O) groups is 1. The molecule has 0 saturated carbocycles. The second-order valence-electron chi connectivity index (χ2n) is 9.77. The zero-order valence-corrected chi connectivity index (χ0v) is 22.4. The summed E-state index contributed by atoms with van der Waals surface area (Å²) in [6, 6.07) is 30.9. The van der Waals surface area contributed by atoms with Gasteiger partial charge < -0.3 is 20.4 Å². The molecule has 0 aliphatic rings. The molecule has 0 saturated heterocycles. The predicted octanol–water partition coefficient (Wildman–Crippen LogP) is 6.12. The Kier molecular flexibility index (Phi) is 8.03. The molecule has 7 nitrogen and oxygen atoms in total. The van der Waals surface area contributed by atoms with Crippen molar-refractivity contribution in [3.63, 3.8) is 0 Å². The number of aliphatic carboxylic acids is 1. The monoisotopic (exact) mass is 532 g/mol. The van der Waals surface area contributed by atoms with Gasteiger partial charge in [-0.05, 0) is 42.5 Å². The molecule has 202 valence electrons. The van der Waals surface area contributed by atoms with Gasteiger partial charge in [-0.3, -0.25) is 9.59 Å². The molecule has 6 aromatic rings. The number of unbranched alkanes of at least 4 members (excludes halogenated alkanes) is 1. The first-order valence-corrected chi connectivity index (χ1v) is 13.4. The van der Waals surface area contributed by atoms with E-state index in [1.54, 1.807) is 0 Å². The lowest BCUT2D eigenvalue weighted by molar-refractivity contribution is -0.134. The number of carboxylic acid groups (broad SMARTS) is 1. The molecule has 0 atom stereocenters. The van der Waals surface area contributed by atoms with Crippen LogP contribution < -0.4 is 11.3 Å². The Hall–Kier alpha value is -4.75. The van der Waals surface area contributed by atoms with E-state index in [0.29, 0.717) is 18.7 Å². The molecule has 0 aliphatic heterocycles. The number of hydrogen-bond donors (Lipinski definition) is 3. The van der Waals surface area contributed by atoms with Crippen LogP contribution >= 0.6 is 0 Å². The predicted molar refractivity (Wildman–Crippen MR) is 162 cm³/mol.